The van der Waals surface area contributed by atoms with Gasteiger partial charge in [-0.1, -0.05) is 77.6 Å². The summed E-state index contributed by atoms with van der Waals surface area (Å²) in [5.74, 6) is -1.39. The van der Waals surface area contributed by atoms with E-state index in [1.807, 2.05) is 0 Å². The summed E-state index contributed by atoms with van der Waals surface area (Å²) in [6.45, 7) is 4.58. The molecule has 1 heterocycles. The van der Waals surface area contributed by atoms with E-state index in [0.717, 1.165) is 13.1 Å². The standard InChI is InChI=1S/C18H38N2O4/c1-2-3-4-5-6-7-8-9-10-11-12-13-14-19-15-16-20-18(17(21)22)23-24-18/h17,19-22H,2-16H2,1H3. The van der Waals surface area contributed by atoms with Crippen LogP contribution in [0.15, 0.2) is 0 Å². The molecule has 0 bridgehead atoms. The van der Waals surface area contributed by atoms with Crippen molar-refractivity contribution in [2.24, 2.45) is 0 Å². The van der Waals surface area contributed by atoms with Crippen molar-refractivity contribution in [1.82, 2.24) is 10.6 Å². The first-order chi connectivity index (χ1) is 11.7. The first-order valence-corrected chi connectivity index (χ1v) is 9.90. The molecule has 4 N–H and O–H groups in total. The van der Waals surface area contributed by atoms with Gasteiger partial charge in [0.1, 0.15) is 0 Å². The van der Waals surface area contributed by atoms with Crippen molar-refractivity contribution >= 4 is 0 Å². The van der Waals surface area contributed by atoms with Crippen LogP contribution < -0.4 is 10.6 Å². The molecule has 6 nitrogen and oxygen atoms in total. The summed E-state index contributed by atoms with van der Waals surface area (Å²) in [5, 5.41) is 24.1. The van der Waals surface area contributed by atoms with Crippen molar-refractivity contribution in [2.75, 3.05) is 19.6 Å². The molecule has 144 valence electrons. The molecule has 0 aliphatic carbocycles. The largest absolute Gasteiger partial charge is 0.363 e. The zero-order valence-corrected chi connectivity index (χ0v) is 15.4. The highest BCUT2D eigenvalue weighted by molar-refractivity contribution is 4.73. The second kappa shape index (κ2) is 14.0. The smallest absolute Gasteiger partial charge is 0.337 e. The van der Waals surface area contributed by atoms with Gasteiger partial charge in [0.2, 0.25) is 6.29 Å². The van der Waals surface area contributed by atoms with Gasteiger partial charge in [-0.25, -0.2) is 0 Å². The summed E-state index contributed by atoms with van der Waals surface area (Å²) < 4.78 is 0. The van der Waals surface area contributed by atoms with Crippen LogP contribution in [-0.4, -0.2) is 42.0 Å². The van der Waals surface area contributed by atoms with Gasteiger partial charge in [0.05, 0.1) is 0 Å². The van der Waals surface area contributed by atoms with Crippen LogP contribution in [0.1, 0.15) is 84.0 Å². The van der Waals surface area contributed by atoms with Gasteiger partial charge in [-0.3, -0.25) is 5.32 Å². The zero-order valence-electron chi connectivity index (χ0n) is 15.4. The molecule has 0 aromatic heterocycles. The summed E-state index contributed by atoms with van der Waals surface area (Å²) in [5.41, 5.74) is 0. The Morgan fingerprint density at radius 2 is 1.21 bits per heavy atom. The summed E-state index contributed by atoms with van der Waals surface area (Å²) in [7, 11) is 0. The van der Waals surface area contributed by atoms with Gasteiger partial charge in [-0.2, -0.15) is 9.78 Å². The van der Waals surface area contributed by atoms with Crippen LogP contribution in [0, 0.1) is 0 Å². The average molecular weight is 347 g/mol. The molecule has 0 unspecified atom stereocenters. The van der Waals surface area contributed by atoms with Crippen LogP contribution in [0.5, 0.6) is 0 Å². The third-order valence-corrected chi connectivity index (χ3v) is 4.48. The number of unbranched alkanes of at least 4 members (excludes halogenated alkanes) is 11. The van der Waals surface area contributed by atoms with Crippen LogP contribution in [0.3, 0.4) is 0 Å². The topological polar surface area (TPSA) is 89.6 Å². The minimum absolute atomic E-state index is 0.565. The van der Waals surface area contributed by atoms with E-state index in [-0.39, 0.29) is 0 Å². The molecule has 1 rings (SSSR count). The van der Waals surface area contributed by atoms with Crippen LogP contribution in [0.4, 0.5) is 0 Å². The van der Waals surface area contributed by atoms with Gasteiger partial charge < -0.3 is 15.5 Å². The van der Waals surface area contributed by atoms with Crippen LogP contribution in [0.25, 0.3) is 0 Å². The van der Waals surface area contributed by atoms with Crippen LogP contribution >= 0.6 is 0 Å². The third-order valence-electron chi connectivity index (χ3n) is 4.48. The molecule has 1 aliphatic rings. The maximum atomic E-state index is 8.99. The molecule has 0 radical (unpaired) electrons. The highest BCUT2D eigenvalue weighted by Gasteiger charge is 2.55. The van der Waals surface area contributed by atoms with Crippen LogP contribution in [0.2, 0.25) is 0 Å². The highest BCUT2D eigenvalue weighted by atomic mass is 17.4. The minimum Gasteiger partial charge on any atom is -0.363 e. The van der Waals surface area contributed by atoms with Crippen molar-refractivity contribution in [3.05, 3.63) is 0 Å². The maximum Gasteiger partial charge on any atom is 0.337 e. The van der Waals surface area contributed by atoms with E-state index >= 15 is 0 Å². The molecule has 0 atom stereocenters. The Morgan fingerprint density at radius 3 is 1.67 bits per heavy atom. The van der Waals surface area contributed by atoms with Gasteiger partial charge >= 0.3 is 5.91 Å². The Morgan fingerprint density at radius 1 is 0.708 bits per heavy atom. The van der Waals surface area contributed by atoms with E-state index in [1.165, 1.54) is 77.0 Å². The SMILES string of the molecule is CCCCCCCCCCCCCCNCCNC1(C(O)O)OO1. The van der Waals surface area contributed by atoms with Gasteiger partial charge in [0.15, 0.2) is 0 Å². The Kier molecular flexibility index (Phi) is 12.7. The normalized spacial score (nSPS) is 16.0. The Labute approximate surface area is 147 Å². The summed E-state index contributed by atoms with van der Waals surface area (Å²) in [6, 6.07) is 0. The lowest BCUT2D eigenvalue weighted by atomic mass is 10.1. The molecule has 0 saturated carbocycles. The number of hydrogen-bond acceptors (Lipinski definition) is 6. The lowest BCUT2D eigenvalue weighted by molar-refractivity contribution is -0.113. The lowest BCUT2D eigenvalue weighted by Gasteiger charge is -2.11. The van der Waals surface area contributed by atoms with E-state index in [0.29, 0.717) is 6.54 Å². The minimum atomic E-state index is -1.66. The van der Waals surface area contributed by atoms with Crippen molar-refractivity contribution in [1.29, 1.82) is 0 Å². The van der Waals surface area contributed by atoms with Crippen molar-refractivity contribution < 1.29 is 20.0 Å². The molecule has 0 aromatic rings. The Balaban J connectivity index is 1.69. The highest BCUT2D eigenvalue weighted by Crippen LogP contribution is 2.28. The Bertz CT molecular complexity index is 286. The third kappa shape index (κ3) is 10.6. The van der Waals surface area contributed by atoms with Gasteiger partial charge in [0.25, 0.3) is 0 Å². The Hall–Kier alpha value is -0.240. The number of nitrogens with one attached hydrogen (secondary N) is 2. The molecule has 1 saturated heterocycles. The first-order valence-electron chi connectivity index (χ1n) is 9.90. The quantitative estimate of drug-likeness (QED) is 0.132. The van der Waals surface area contributed by atoms with E-state index in [2.05, 4.69) is 27.3 Å². The molecular formula is C18H38N2O4. The number of aliphatic hydroxyl groups is 2. The van der Waals surface area contributed by atoms with E-state index < -0.39 is 12.2 Å². The second-order valence-electron chi connectivity index (χ2n) is 6.77. The summed E-state index contributed by atoms with van der Waals surface area (Å²) in [4.78, 5) is 9.09. The number of rotatable bonds is 18. The van der Waals surface area contributed by atoms with E-state index in [4.69, 9.17) is 10.2 Å². The molecule has 0 amide bonds. The first kappa shape index (κ1) is 21.8. The molecule has 6 heteroatoms. The molecule has 1 aliphatic heterocycles. The second-order valence-corrected chi connectivity index (χ2v) is 6.77. The van der Waals surface area contributed by atoms with Gasteiger partial charge in [0, 0.05) is 13.1 Å². The predicted octanol–water partition coefficient (Wildman–Crippen LogP) is 2.79. The molecule has 1 fully saturated rings. The number of hydrogen-bond donors (Lipinski definition) is 4. The summed E-state index contributed by atoms with van der Waals surface area (Å²) in [6.07, 6.45) is 14.7. The van der Waals surface area contributed by atoms with E-state index in [1.54, 1.807) is 0 Å². The number of aliphatic hydroxyl groups excluding tert-OH is 1. The molecule has 24 heavy (non-hydrogen) atoms. The van der Waals surface area contributed by atoms with Gasteiger partial charge in [-0.15, -0.1) is 0 Å². The van der Waals surface area contributed by atoms with Crippen LogP contribution in [-0.2, 0) is 9.78 Å². The molecule has 0 spiro atoms. The zero-order chi connectivity index (χ0) is 17.5. The van der Waals surface area contributed by atoms with Crippen molar-refractivity contribution in [3.63, 3.8) is 0 Å². The maximum absolute atomic E-state index is 8.99. The summed E-state index contributed by atoms with van der Waals surface area (Å²) >= 11 is 0. The van der Waals surface area contributed by atoms with Crippen molar-refractivity contribution in [3.8, 4) is 0 Å². The average Bonchev–Trinajstić information content (AvgIpc) is 3.36. The van der Waals surface area contributed by atoms with Crippen molar-refractivity contribution in [2.45, 2.75) is 96.2 Å². The fraction of sp³-hybridized carbons (Fsp3) is 1.00. The van der Waals surface area contributed by atoms with E-state index in [9.17, 15) is 0 Å². The fourth-order valence-electron chi connectivity index (χ4n) is 2.82. The fourth-order valence-corrected chi connectivity index (χ4v) is 2.82. The molecule has 0 aromatic carbocycles. The van der Waals surface area contributed by atoms with Gasteiger partial charge in [-0.05, 0) is 13.0 Å². The molecular weight excluding hydrogens is 308 g/mol. The predicted molar refractivity (Wildman–Crippen MR) is 95.1 cm³/mol. The lowest BCUT2D eigenvalue weighted by Crippen LogP contribution is -2.46. The monoisotopic (exact) mass is 346 g/mol.